The number of aliphatic hydroxyl groups excluding tert-OH is 1. The standard InChI is InChI=1S/C18H24N2O4/c1-11-10-19(18(23-4)12(2)20(11)13(3)21)17(22)16-9-14-7-5-6-8-15(14)24-16/h5-9,11-13,18,21H,10H2,1-4H3. The molecule has 6 nitrogen and oxygen atoms in total. The summed E-state index contributed by atoms with van der Waals surface area (Å²) in [5.74, 6) is 0.116. The predicted octanol–water partition coefficient (Wildman–Crippen LogP) is 2.28. The summed E-state index contributed by atoms with van der Waals surface area (Å²) in [6.07, 6.45) is -1.05. The number of nitrogens with zero attached hydrogens (tertiary/aromatic N) is 2. The maximum absolute atomic E-state index is 13.0. The van der Waals surface area contributed by atoms with Crippen molar-refractivity contribution in [2.75, 3.05) is 13.7 Å². The summed E-state index contributed by atoms with van der Waals surface area (Å²) in [5, 5.41) is 10.9. The SMILES string of the molecule is COC1C(C)N(C(C)O)C(C)CN1C(=O)c1cc2ccccc2o1. The number of furan rings is 1. The van der Waals surface area contributed by atoms with E-state index >= 15 is 0 Å². The van der Waals surface area contributed by atoms with Gasteiger partial charge in [-0.25, -0.2) is 0 Å². The Balaban J connectivity index is 1.90. The average molecular weight is 332 g/mol. The Morgan fingerprint density at radius 1 is 1.38 bits per heavy atom. The van der Waals surface area contributed by atoms with Crippen molar-refractivity contribution in [1.29, 1.82) is 0 Å². The minimum atomic E-state index is -0.601. The van der Waals surface area contributed by atoms with Gasteiger partial charge in [-0.15, -0.1) is 0 Å². The topological polar surface area (TPSA) is 66.2 Å². The monoisotopic (exact) mass is 332 g/mol. The van der Waals surface area contributed by atoms with Crippen LogP contribution in [-0.2, 0) is 4.74 Å². The highest BCUT2D eigenvalue weighted by atomic mass is 16.5. The van der Waals surface area contributed by atoms with Crippen LogP contribution in [0.15, 0.2) is 34.7 Å². The lowest BCUT2D eigenvalue weighted by Crippen LogP contribution is -2.65. The van der Waals surface area contributed by atoms with E-state index in [4.69, 9.17) is 9.15 Å². The van der Waals surface area contributed by atoms with Crippen LogP contribution in [0.4, 0.5) is 0 Å². The van der Waals surface area contributed by atoms with Crippen molar-refractivity contribution in [3.63, 3.8) is 0 Å². The molecule has 2 heterocycles. The number of hydrogen-bond acceptors (Lipinski definition) is 5. The summed E-state index contributed by atoms with van der Waals surface area (Å²) >= 11 is 0. The molecule has 1 aliphatic heterocycles. The molecule has 0 spiro atoms. The normalized spacial score (nSPS) is 26.7. The molecular formula is C18H24N2O4. The lowest BCUT2D eigenvalue weighted by Gasteiger charge is -2.49. The van der Waals surface area contributed by atoms with E-state index in [1.165, 1.54) is 0 Å². The van der Waals surface area contributed by atoms with Crippen molar-refractivity contribution >= 4 is 16.9 Å². The first-order valence-corrected chi connectivity index (χ1v) is 8.22. The van der Waals surface area contributed by atoms with E-state index in [9.17, 15) is 9.90 Å². The molecule has 130 valence electrons. The third kappa shape index (κ3) is 2.81. The Bertz CT molecular complexity index is 694. The second-order valence-electron chi connectivity index (χ2n) is 6.40. The maximum Gasteiger partial charge on any atom is 0.291 e. The summed E-state index contributed by atoms with van der Waals surface area (Å²) in [5.41, 5.74) is 0.693. The van der Waals surface area contributed by atoms with Gasteiger partial charge in [0.15, 0.2) is 5.76 Å². The van der Waals surface area contributed by atoms with Crippen molar-refractivity contribution < 1.29 is 19.1 Å². The number of rotatable bonds is 3. The van der Waals surface area contributed by atoms with Gasteiger partial charge in [0.25, 0.3) is 5.91 Å². The van der Waals surface area contributed by atoms with Gasteiger partial charge in [0.2, 0.25) is 0 Å². The second kappa shape index (κ2) is 6.55. The van der Waals surface area contributed by atoms with Crippen molar-refractivity contribution in [3.05, 3.63) is 36.1 Å². The van der Waals surface area contributed by atoms with E-state index in [0.29, 0.717) is 17.9 Å². The summed E-state index contributed by atoms with van der Waals surface area (Å²) in [4.78, 5) is 16.6. The van der Waals surface area contributed by atoms with Crippen LogP contribution in [0, 0.1) is 0 Å². The number of piperazine rings is 1. The first kappa shape index (κ1) is 17.0. The third-order valence-electron chi connectivity index (χ3n) is 4.73. The van der Waals surface area contributed by atoms with Crippen LogP contribution in [0.2, 0.25) is 0 Å². The van der Waals surface area contributed by atoms with Crippen LogP contribution in [0.3, 0.4) is 0 Å². The molecule has 4 atom stereocenters. The van der Waals surface area contributed by atoms with Gasteiger partial charge in [-0.1, -0.05) is 18.2 Å². The highest BCUT2D eigenvalue weighted by molar-refractivity contribution is 5.96. The molecule has 0 radical (unpaired) electrons. The summed E-state index contributed by atoms with van der Waals surface area (Å²) in [7, 11) is 1.58. The van der Waals surface area contributed by atoms with Crippen molar-refractivity contribution in [1.82, 2.24) is 9.80 Å². The zero-order valence-electron chi connectivity index (χ0n) is 14.5. The fraction of sp³-hybridized carbons (Fsp3) is 0.500. The average Bonchev–Trinajstić information content (AvgIpc) is 2.97. The van der Waals surface area contributed by atoms with E-state index in [1.54, 1.807) is 25.0 Å². The highest BCUT2D eigenvalue weighted by Gasteiger charge is 2.42. The zero-order valence-corrected chi connectivity index (χ0v) is 14.5. The van der Waals surface area contributed by atoms with Gasteiger partial charge in [0, 0.05) is 25.1 Å². The second-order valence-corrected chi connectivity index (χ2v) is 6.40. The zero-order chi connectivity index (χ0) is 17.4. The predicted molar refractivity (Wildman–Crippen MR) is 90.5 cm³/mol. The Morgan fingerprint density at radius 3 is 2.71 bits per heavy atom. The van der Waals surface area contributed by atoms with Crippen LogP contribution in [0.25, 0.3) is 11.0 Å². The van der Waals surface area contributed by atoms with E-state index in [-0.39, 0.29) is 18.0 Å². The van der Waals surface area contributed by atoms with E-state index < -0.39 is 12.5 Å². The molecule has 4 unspecified atom stereocenters. The Hall–Kier alpha value is -1.89. The molecule has 1 aliphatic rings. The number of para-hydroxylation sites is 1. The van der Waals surface area contributed by atoms with Crippen LogP contribution in [0.5, 0.6) is 0 Å². The number of hydrogen-bond donors (Lipinski definition) is 1. The van der Waals surface area contributed by atoms with Crippen LogP contribution < -0.4 is 0 Å². The molecular weight excluding hydrogens is 308 g/mol. The minimum Gasteiger partial charge on any atom is -0.451 e. The van der Waals surface area contributed by atoms with E-state index in [0.717, 1.165) is 5.39 Å². The van der Waals surface area contributed by atoms with Crippen molar-refractivity contribution in [2.24, 2.45) is 0 Å². The number of carbonyl (C=O) groups is 1. The van der Waals surface area contributed by atoms with E-state index in [1.807, 2.05) is 43.0 Å². The first-order valence-electron chi connectivity index (χ1n) is 8.22. The molecule has 1 amide bonds. The number of methoxy groups -OCH3 is 1. The van der Waals surface area contributed by atoms with Gasteiger partial charge in [-0.3, -0.25) is 9.69 Å². The molecule has 3 rings (SSSR count). The molecule has 0 saturated carbocycles. The summed E-state index contributed by atoms with van der Waals surface area (Å²) in [6, 6.07) is 9.20. The Labute approximate surface area is 141 Å². The third-order valence-corrected chi connectivity index (χ3v) is 4.73. The fourth-order valence-electron chi connectivity index (χ4n) is 3.75. The number of amides is 1. The molecule has 1 N–H and O–H groups in total. The molecule has 0 aliphatic carbocycles. The number of benzene rings is 1. The molecule has 24 heavy (non-hydrogen) atoms. The molecule has 6 heteroatoms. The highest BCUT2D eigenvalue weighted by Crippen LogP contribution is 2.27. The smallest absolute Gasteiger partial charge is 0.291 e. The largest absolute Gasteiger partial charge is 0.451 e. The molecule has 1 aromatic carbocycles. The maximum atomic E-state index is 13.0. The van der Waals surface area contributed by atoms with Gasteiger partial charge in [-0.2, -0.15) is 0 Å². The summed E-state index contributed by atoms with van der Waals surface area (Å²) in [6.45, 7) is 6.14. The number of aliphatic hydroxyl groups is 1. The first-order chi connectivity index (χ1) is 11.4. The van der Waals surface area contributed by atoms with Crippen LogP contribution in [-0.4, -0.2) is 59.0 Å². The fourth-order valence-corrected chi connectivity index (χ4v) is 3.75. The van der Waals surface area contributed by atoms with Crippen LogP contribution in [0.1, 0.15) is 31.3 Å². The molecule has 1 saturated heterocycles. The molecule has 2 aromatic rings. The number of fused-ring (bicyclic) bond motifs is 1. The van der Waals surface area contributed by atoms with Gasteiger partial charge in [-0.05, 0) is 32.9 Å². The minimum absolute atomic E-state index is 0.0136. The Kier molecular flexibility index (Phi) is 4.62. The Morgan fingerprint density at radius 2 is 2.08 bits per heavy atom. The van der Waals surface area contributed by atoms with Gasteiger partial charge in [0.1, 0.15) is 18.0 Å². The quantitative estimate of drug-likeness (QED) is 0.934. The number of ether oxygens (including phenoxy) is 1. The van der Waals surface area contributed by atoms with Gasteiger partial charge >= 0.3 is 0 Å². The van der Waals surface area contributed by atoms with Crippen LogP contribution >= 0.6 is 0 Å². The lowest BCUT2D eigenvalue weighted by atomic mass is 10.1. The lowest BCUT2D eigenvalue weighted by molar-refractivity contribution is -0.154. The van der Waals surface area contributed by atoms with Gasteiger partial charge in [0.05, 0.1) is 6.04 Å². The summed E-state index contributed by atoms with van der Waals surface area (Å²) < 4.78 is 11.3. The van der Waals surface area contributed by atoms with Gasteiger partial charge < -0.3 is 19.2 Å². The van der Waals surface area contributed by atoms with Crippen molar-refractivity contribution in [3.8, 4) is 0 Å². The number of carbonyl (C=O) groups excluding carboxylic acids is 1. The molecule has 0 bridgehead atoms. The molecule has 1 aromatic heterocycles. The van der Waals surface area contributed by atoms with E-state index in [2.05, 4.69) is 0 Å². The molecule has 1 fully saturated rings. The van der Waals surface area contributed by atoms with Crippen molar-refractivity contribution in [2.45, 2.75) is 45.3 Å².